The van der Waals surface area contributed by atoms with E-state index in [1.807, 2.05) is 5.38 Å². The van der Waals surface area contributed by atoms with Gasteiger partial charge in [-0.25, -0.2) is 9.78 Å². The molecule has 0 saturated heterocycles. The first-order valence-corrected chi connectivity index (χ1v) is 7.99. The van der Waals surface area contributed by atoms with E-state index in [0.717, 1.165) is 10.2 Å². The molecule has 106 valence electrons. The number of carbonyl (C=O) groups is 1. The van der Waals surface area contributed by atoms with Gasteiger partial charge in [-0.3, -0.25) is 0 Å². The van der Waals surface area contributed by atoms with Crippen molar-refractivity contribution in [3.63, 3.8) is 0 Å². The van der Waals surface area contributed by atoms with E-state index in [-0.39, 0.29) is 5.97 Å². The highest BCUT2D eigenvalue weighted by Crippen LogP contribution is 2.28. The molecule has 1 aromatic carbocycles. The zero-order valence-corrected chi connectivity index (χ0v) is 13.8. The van der Waals surface area contributed by atoms with Crippen molar-refractivity contribution in [1.82, 2.24) is 4.98 Å². The van der Waals surface area contributed by atoms with Crippen LogP contribution in [0.4, 0.5) is 5.69 Å². The third-order valence-corrected chi connectivity index (χ3v) is 4.32. The molecule has 1 heterocycles. The number of nitrogens with zero attached hydrogens (tertiary/aromatic N) is 1. The zero-order chi connectivity index (χ0) is 14.5. The molecule has 0 amide bonds. The standard InChI is InChI=1S/C13H12BrClN2O2S/c1-2-19-13(18)12(11-6-20-7-16-11)17-8-3-4-10(15)9(14)5-8/h3-7,12,17H,2H2,1H3. The number of rotatable bonds is 5. The number of ether oxygens (including phenoxy) is 1. The Morgan fingerprint density at radius 1 is 1.60 bits per heavy atom. The van der Waals surface area contributed by atoms with Gasteiger partial charge in [0.1, 0.15) is 0 Å². The van der Waals surface area contributed by atoms with Crippen LogP contribution in [0.25, 0.3) is 0 Å². The van der Waals surface area contributed by atoms with Crippen molar-refractivity contribution in [3.8, 4) is 0 Å². The first kappa shape index (κ1) is 15.3. The lowest BCUT2D eigenvalue weighted by molar-refractivity contribution is -0.144. The number of anilines is 1. The SMILES string of the molecule is CCOC(=O)C(Nc1ccc(Cl)c(Br)c1)c1cscn1. The summed E-state index contributed by atoms with van der Waals surface area (Å²) in [5.74, 6) is -0.357. The molecule has 1 atom stereocenters. The third kappa shape index (κ3) is 3.71. The molecule has 0 radical (unpaired) electrons. The number of hydrogen-bond acceptors (Lipinski definition) is 5. The summed E-state index contributed by atoms with van der Waals surface area (Å²) in [6, 6.07) is 4.72. The van der Waals surface area contributed by atoms with Gasteiger partial charge in [-0.2, -0.15) is 0 Å². The van der Waals surface area contributed by atoms with Crippen LogP contribution in [-0.4, -0.2) is 17.6 Å². The minimum absolute atomic E-state index is 0.325. The van der Waals surface area contributed by atoms with Gasteiger partial charge in [-0.1, -0.05) is 11.6 Å². The molecule has 20 heavy (non-hydrogen) atoms. The molecule has 1 N–H and O–H groups in total. The van der Waals surface area contributed by atoms with Gasteiger partial charge in [0.05, 0.1) is 22.8 Å². The Bertz CT molecular complexity index is 592. The number of hydrogen-bond donors (Lipinski definition) is 1. The minimum Gasteiger partial charge on any atom is -0.464 e. The number of benzene rings is 1. The molecule has 1 unspecified atom stereocenters. The van der Waals surface area contributed by atoms with Crippen molar-refractivity contribution in [3.05, 3.63) is 44.3 Å². The average molecular weight is 376 g/mol. The molecule has 2 rings (SSSR count). The van der Waals surface area contributed by atoms with Crippen molar-refractivity contribution in [1.29, 1.82) is 0 Å². The van der Waals surface area contributed by atoms with Crippen LogP contribution in [0.1, 0.15) is 18.7 Å². The lowest BCUT2D eigenvalue weighted by Crippen LogP contribution is -2.23. The van der Waals surface area contributed by atoms with E-state index in [1.165, 1.54) is 11.3 Å². The molecule has 1 aromatic heterocycles. The number of esters is 1. The Labute approximate surface area is 134 Å². The maximum absolute atomic E-state index is 12.0. The lowest BCUT2D eigenvalue weighted by atomic mass is 10.2. The highest BCUT2D eigenvalue weighted by molar-refractivity contribution is 9.10. The van der Waals surface area contributed by atoms with Crippen LogP contribution < -0.4 is 5.32 Å². The monoisotopic (exact) mass is 374 g/mol. The summed E-state index contributed by atoms with van der Waals surface area (Å²) in [7, 11) is 0. The summed E-state index contributed by atoms with van der Waals surface area (Å²) < 4.78 is 5.83. The number of thiazole rings is 1. The van der Waals surface area contributed by atoms with Crippen LogP contribution in [0, 0.1) is 0 Å². The highest BCUT2D eigenvalue weighted by atomic mass is 79.9. The van der Waals surface area contributed by atoms with Gasteiger partial charge in [0, 0.05) is 15.5 Å². The third-order valence-electron chi connectivity index (χ3n) is 2.50. The Morgan fingerprint density at radius 3 is 3.00 bits per heavy atom. The van der Waals surface area contributed by atoms with E-state index in [1.54, 1.807) is 30.6 Å². The molecule has 0 bridgehead atoms. The van der Waals surface area contributed by atoms with Gasteiger partial charge in [-0.15, -0.1) is 11.3 Å². The summed E-state index contributed by atoms with van der Waals surface area (Å²) in [5, 5.41) is 5.54. The molecule has 2 aromatic rings. The fraction of sp³-hybridized carbons (Fsp3) is 0.231. The lowest BCUT2D eigenvalue weighted by Gasteiger charge is -2.17. The van der Waals surface area contributed by atoms with Crippen molar-refractivity contribution < 1.29 is 9.53 Å². The minimum atomic E-state index is -0.630. The summed E-state index contributed by atoms with van der Waals surface area (Å²) >= 11 is 10.7. The van der Waals surface area contributed by atoms with Gasteiger partial charge in [0.15, 0.2) is 6.04 Å². The second kappa shape index (κ2) is 7.06. The summed E-state index contributed by atoms with van der Waals surface area (Å²) in [5.41, 5.74) is 3.08. The Hall–Kier alpha value is -1.11. The largest absolute Gasteiger partial charge is 0.464 e. The Morgan fingerprint density at radius 2 is 2.40 bits per heavy atom. The van der Waals surface area contributed by atoms with Crippen molar-refractivity contribution in [2.75, 3.05) is 11.9 Å². The van der Waals surface area contributed by atoms with Crippen LogP contribution in [0.5, 0.6) is 0 Å². The van der Waals surface area contributed by atoms with Crippen molar-refractivity contribution in [2.24, 2.45) is 0 Å². The first-order valence-electron chi connectivity index (χ1n) is 5.88. The molecule has 0 fully saturated rings. The van der Waals surface area contributed by atoms with E-state index < -0.39 is 6.04 Å². The van der Waals surface area contributed by atoms with E-state index in [4.69, 9.17) is 16.3 Å². The van der Waals surface area contributed by atoms with E-state index in [0.29, 0.717) is 17.3 Å². The molecule has 0 aliphatic carbocycles. The number of aromatic nitrogens is 1. The van der Waals surface area contributed by atoms with Crippen molar-refractivity contribution in [2.45, 2.75) is 13.0 Å². The van der Waals surface area contributed by atoms with Crippen LogP contribution >= 0.6 is 38.9 Å². The zero-order valence-electron chi connectivity index (χ0n) is 10.6. The van der Waals surface area contributed by atoms with Gasteiger partial charge in [-0.05, 0) is 41.1 Å². The van der Waals surface area contributed by atoms with E-state index >= 15 is 0 Å². The summed E-state index contributed by atoms with van der Waals surface area (Å²) in [6.07, 6.45) is 0. The van der Waals surface area contributed by atoms with Gasteiger partial charge < -0.3 is 10.1 Å². The van der Waals surface area contributed by atoms with E-state index in [2.05, 4.69) is 26.2 Å². The smallest absolute Gasteiger partial charge is 0.334 e. The predicted octanol–water partition coefficient (Wildman–Crippen LogP) is 4.28. The molecular formula is C13H12BrClN2O2S. The van der Waals surface area contributed by atoms with Crippen LogP contribution in [0.15, 0.2) is 33.6 Å². The second-order valence-electron chi connectivity index (χ2n) is 3.87. The molecule has 0 spiro atoms. The topological polar surface area (TPSA) is 51.2 Å². The van der Waals surface area contributed by atoms with Crippen molar-refractivity contribution >= 4 is 50.5 Å². The fourth-order valence-corrected chi connectivity index (χ4v) is 2.67. The number of carbonyl (C=O) groups excluding carboxylic acids is 1. The molecule has 7 heteroatoms. The maximum atomic E-state index is 12.0. The fourth-order valence-electron chi connectivity index (χ4n) is 1.60. The second-order valence-corrected chi connectivity index (χ2v) is 5.85. The van der Waals surface area contributed by atoms with Crippen LogP contribution in [0.3, 0.4) is 0 Å². The predicted molar refractivity (Wildman–Crippen MR) is 84.3 cm³/mol. The van der Waals surface area contributed by atoms with Gasteiger partial charge in [0.25, 0.3) is 0 Å². The van der Waals surface area contributed by atoms with E-state index in [9.17, 15) is 4.79 Å². The van der Waals surface area contributed by atoms with Crippen LogP contribution in [-0.2, 0) is 9.53 Å². The molecule has 0 saturated carbocycles. The molecule has 0 aliphatic heterocycles. The maximum Gasteiger partial charge on any atom is 0.334 e. The molecular weight excluding hydrogens is 364 g/mol. The normalized spacial score (nSPS) is 11.9. The summed E-state index contributed by atoms with van der Waals surface area (Å²) in [6.45, 7) is 2.10. The number of nitrogens with one attached hydrogen (secondary N) is 1. The summed E-state index contributed by atoms with van der Waals surface area (Å²) in [4.78, 5) is 16.2. The van der Waals surface area contributed by atoms with Gasteiger partial charge >= 0.3 is 5.97 Å². The highest BCUT2D eigenvalue weighted by Gasteiger charge is 2.23. The van der Waals surface area contributed by atoms with Crippen LogP contribution in [0.2, 0.25) is 5.02 Å². The van der Waals surface area contributed by atoms with Gasteiger partial charge in [0.2, 0.25) is 0 Å². The quantitative estimate of drug-likeness (QED) is 0.793. The number of halogens is 2. The molecule has 0 aliphatic rings. The first-order chi connectivity index (χ1) is 9.61. The Kier molecular flexibility index (Phi) is 5.39. The Balaban J connectivity index is 2.23. The molecule has 4 nitrogen and oxygen atoms in total. The average Bonchev–Trinajstić information content (AvgIpc) is 2.94.